The maximum atomic E-state index is 8.63. The number of imidazole rings is 1. The van der Waals surface area contributed by atoms with Crippen LogP contribution in [0, 0.1) is 11.3 Å². The minimum atomic E-state index is 0.314. The maximum absolute atomic E-state index is 8.63. The first-order valence-electron chi connectivity index (χ1n) is 5.41. The Morgan fingerprint density at radius 3 is 2.44 bits per heavy atom. The van der Waals surface area contributed by atoms with Gasteiger partial charge in [-0.05, 0) is 12.1 Å². The van der Waals surface area contributed by atoms with Crippen molar-refractivity contribution >= 4 is 0 Å². The van der Waals surface area contributed by atoms with Crippen LogP contribution >= 0.6 is 0 Å². The molecule has 0 amide bonds. The van der Waals surface area contributed by atoms with E-state index in [4.69, 9.17) is 14.7 Å². The summed E-state index contributed by atoms with van der Waals surface area (Å²) in [5.41, 5.74) is 1.64. The van der Waals surface area contributed by atoms with Crippen molar-refractivity contribution in [3.05, 3.63) is 30.1 Å². The van der Waals surface area contributed by atoms with E-state index in [1.54, 1.807) is 26.5 Å². The number of rotatable bonds is 4. The number of nitriles is 1. The second kappa shape index (κ2) is 5.23. The van der Waals surface area contributed by atoms with Gasteiger partial charge in [0.05, 0.1) is 26.7 Å². The number of hydrogen-bond acceptors (Lipinski definition) is 4. The number of H-pyrrole nitrogens is 1. The molecule has 1 aromatic heterocycles. The first-order chi connectivity index (χ1) is 8.76. The highest BCUT2D eigenvalue weighted by Crippen LogP contribution is 2.28. The second-order valence-corrected chi connectivity index (χ2v) is 3.69. The topological polar surface area (TPSA) is 70.9 Å². The van der Waals surface area contributed by atoms with Gasteiger partial charge in [0, 0.05) is 23.5 Å². The molecule has 5 nitrogen and oxygen atoms in total. The summed E-state index contributed by atoms with van der Waals surface area (Å²) in [7, 11) is 3.20. The summed E-state index contributed by atoms with van der Waals surface area (Å²) in [5.74, 6) is 2.09. The van der Waals surface area contributed by atoms with Gasteiger partial charge in [0.1, 0.15) is 17.3 Å². The quantitative estimate of drug-likeness (QED) is 0.893. The van der Waals surface area contributed by atoms with E-state index in [-0.39, 0.29) is 0 Å². The number of ether oxygens (including phenoxy) is 2. The Balaban J connectivity index is 2.39. The number of nitrogens with one attached hydrogen (secondary N) is 1. The second-order valence-electron chi connectivity index (χ2n) is 3.69. The fourth-order valence-electron chi connectivity index (χ4n) is 1.62. The lowest BCUT2D eigenvalue weighted by atomic mass is 10.2. The zero-order valence-corrected chi connectivity index (χ0v) is 10.2. The van der Waals surface area contributed by atoms with Crippen molar-refractivity contribution in [1.82, 2.24) is 9.97 Å². The highest BCUT2D eigenvalue weighted by atomic mass is 16.5. The lowest BCUT2D eigenvalue weighted by molar-refractivity contribution is 0.394. The molecule has 0 aliphatic heterocycles. The van der Waals surface area contributed by atoms with Crippen LogP contribution < -0.4 is 9.47 Å². The van der Waals surface area contributed by atoms with Crippen LogP contribution in [0.25, 0.3) is 11.4 Å². The molecule has 2 rings (SSSR count). The average Bonchev–Trinajstić information content (AvgIpc) is 2.87. The third-order valence-corrected chi connectivity index (χ3v) is 2.52. The van der Waals surface area contributed by atoms with Crippen molar-refractivity contribution in [1.29, 1.82) is 5.26 Å². The van der Waals surface area contributed by atoms with E-state index < -0.39 is 0 Å². The number of nitrogens with zero attached hydrogens (tertiary/aromatic N) is 2. The molecule has 0 saturated carbocycles. The molecule has 2 aromatic rings. The van der Waals surface area contributed by atoms with Crippen LogP contribution in [0.3, 0.4) is 0 Å². The number of aromatic nitrogens is 2. The lowest BCUT2D eigenvalue weighted by Gasteiger charge is -2.06. The Bertz CT molecular complexity index is 562. The van der Waals surface area contributed by atoms with Crippen LogP contribution in [-0.4, -0.2) is 24.2 Å². The molecule has 18 heavy (non-hydrogen) atoms. The van der Waals surface area contributed by atoms with Crippen LogP contribution in [0.15, 0.2) is 24.4 Å². The molecule has 5 heteroatoms. The van der Waals surface area contributed by atoms with E-state index in [9.17, 15) is 0 Å². The van der Waals surface area contributed by atoms with Crippen LogP contribution in [0.4, 0.5) is 0 Å². The summed E-state index contributed by atoms with van der Waals surface area (Å²) in [6, 6.07) is 7.58. The molecular formula is C13H13N3O2. The van der Waals surface area contributed by atoms with Crippen LogP contribution in [0.5, 0.6) is 11.5 Å². The summed E-state index contributed by atoms with van der Waals surface area (Å²) in [6.45, 7) is 0. The van der Waals surface area contributed by atoms with Gasteiger partial charge in [-0.3, -0.25) is 0 Å². The predicted molar refractivity (Wildman–Crippen MR) is 66.4 cm³/mol. The van der Waals surface area contributed by atoms with Gasteiger partial charge in [0.2, 0.25) is 0 Å². The maximum Gasteiger partial charge on any atom is 0.137 e. The van der Waals surface area contributed by atoms with Crippen molar-refractivity contribution < 1.29 is 9.47 Å². The third kappa shape index (κ3) is 2.43. The van der Waals surface area contributed by atoms with Gasteiger partial charge in [0.15, 0.2) is 0 Å². The van der Waals surface area contributed by atoms with E-state index in [1.165, 1.54) is 0 Å². The smallest absolute Gasteiger partial charge is 0.137 e. The molecule has 0 radical (unpaired) electrons. The molecule has 0 spiro atoms. The summed E-state index contributed by atoms with van der Waals surface area (Å²) >= 11 is 0. The number of aromatic amines is 1. The van der Waals surface area contributed by atoms with Gasteiger partial charge in [0.25, 0.3) is 0 Å². The number of methoxy groups -OCH3 is 2. The SMILES string of the molecule is COc1cc(OC)cc(-c2ncc(CC#N)[nH]2)c1. The summed E-state index contributed by atoms with van der Waals surface area (Å²) in [5, 5.41) is 8.63. The molecule has 1 aromatic carbocycles. The fourth-order valence-corrected chi connectivity index (χ4v) is 1.62. The van der Waals surface area contributed by atoms with Gasteiger partial charge in [-0.25, -0.2) is 4.98 Å². The third-order valence-electron chi connectivity index (χ3n) is 2.52. The molecule has 0 unspecified atom stereocenters. The molecular weight excluding hydrogens is 230 g/mol. The standard InChI is InChI=1S/C13H13N3O2/c1-17-11-5-9(6-12(7-11)18-2)13-15-8-10(16-13)3-4-14/h5-8H,3H2,1-2H3,(H,15,16). The van der Waals surface area contributed by atoms with Gasteiger partial charge >= 0.3 is 0 Å². The van der Waals surface area contributed by atoms with Crippen LogP contribution in [-0.2, 0) is 6.42 Å². The van der Waals surface area contributed by atoms with E-state index in [2.05, 4.69) is 16.0 Å². The Kier molecular flexibility index (Phi) is 3.49. The van der Waals surface area contributed by atoms with E-state index in [0.29, 0.717) is 23.7 Å². The number of hydrogen-bond donors (Lipinski definition) is 1. The van der Waals surface area contributed by atoms with Crippen molar-refractivity contribution in [2.45, 2.75) is 6.42 Å². The summed E-state index contributed by atoms with van der Waals surface area (Å²) in [6.07, 6.45) is 1.97. The molecule has 0 fully saturated rings. The Labute approximate surface area is 105 Å². The van der Waals surface area contributed by atoms with Gasteiger partial charge in [-0.2, -0.15) is 5.26 Å². The minimum absolute atomic E-state index is 0.314. The Morgan fingerprint density at radius 2 is 1.89 bits per heavy atom. The van der Waals surface area contributed by atoms with Crippen LogP contribution in [0.1, 0.15) is 5.69 Å². The van der Waals surface area contributed by atoms with Crippen molar-refractivity contribution in [2.75, 3.05) is 14.2 Å². The largest absolute Gasteiger partial charge is 0.497 e. The summed E-state index contributed by atoms with van der Waals surface area (Å²) < 4.78 is 10.4. The molecule has 1 heterocycles. The molecule has 92 valence electrons. The van der Waals surface area contributed by atoms with Crippen molar-refractivity contribution in [3.8, 4) is 29.0 Å². The Hall–Kier alpha value is -2.48. The monoisotopic (exact) mass is 243 g/mol. The Morgan fingerprint density at radius 1 is 1.22 bits per heavy atom. The molecule has 1 N–H and O–H groups in total. The van der Waals surface area contributed by atoms with Crippen molar-refractivity contribution in [3.63, 3.8) is 0 Å². The summed E-state index contributed by atoms with van der Waals surface area (Å²) in [4.78, 5) is 7.33. The molecule has 0 bridgehead atoms. The minimum Gasteiger partial charge on any atom is -0.497 e. The fraction of sp³-hybridized carbons (Fsp3) is 0.231. The van der Waals surface area contributed by atoms with Gasteiger partial charge in [-0.1, -0.05) is 0 Å². The van der Waals surface area contributed by atoms with Gasteiger partial charge in [-0.15, -0.1) is 0 Å². The highest BCUT2D eigenvalue weighted by molar-refractivity contribution is 5.61. The zero-order chi connectivity index (χ0) is 13.0. The predicted octanol–water partition coefficient (Wildman–Crippen LogP) is 2.16. The lowest BCUT2D eigenvalue weighted by Crippen LogP contribution is -1.90. The van der Waals surface area contributed by atoms with Crippen molar-refractivity contribution in [2.24, 2.45) is 0 Å². The zero-order valence-electron chi connectivity index (χ0n) is 10.2. The molecule has 0 aliphatic carbocycles. The average molecular weight is 243 g/mol. The van der Waals surface area contributed by atoms with E-state index in [1.807, 2.05) is 12.1 Å². The van der Waals surface area contributed by atoms with Gasteiger partial charge < -0.3 is 14.5 Å². The highest BCUT2D eigenvalue weighted by Gasteiger charge is 2.07. The number of benzene rings is 1. The molecule has 0 atom stereocenters. The first kappa shape index (κ1) is 12.0. The molecule has 0 saturated heterocycles. The molecule has 0 aliphatic rings. The van der Waals surface area contributed by atoms with E-state index in [0.717, 1.165) is 11.3 Å². The van der Waals surface area contributed by atoms with Crippen LogP contribution in [0.2, 0.25) is 0 Å². The van der Waals surface area contributed by atoms with E-state index >= 15 is 0 Å². The normalized spacial score (nSPS) is 9.83. The first-order valence-corrected chi connectivity index (χ1v) is 5.41.